The van der Waals surface area contributed by atoms with Crippen LogP contribution < -0.4 is 0 Å². The van der Waals surface area contributed by atoms with E-state index in [1.165, 1.54) is 38.6 Å². The third-order valence-electron chi connectivity index (χ3n) is 5.22. The van der Waals surface area contributed by atoms with Crippen molar-refractivity contribution in [2.45, 2.75) is 40.0 Å². The Morgan fingerprint density at radius 3 is 2.26 bits per heavy atom. The number of nitrogens with zero attached hydrogens (tertiary/aromatic N) is 1. The zero-order chi connectivity index (χ0) is 18.5. The zero-order valence-corrected chi connectivity index (χ0v) is 18.9. The van der Waals surface area contributed by atoms with Crippen LogP contribution in [0.25, 0.3) is 32.8 Å². The van der Waals surface area contributed by atoms with Gasteiger partial charge in [-0.25, -0.2) is 0 Å². The van der Waals surface area contributed by atoms with Gasteiger partial charge in [0.05, 0.1) is 0 Å². The van der Waals surface area contributed by atoms with E-state index in [-0.39, 0.29) is 25.5 Å². The number of aromatic nitrogens is 1. The fourth-order valence-corrected chi connectivity index (χ4v) is 4.00. The van der Waals surface area contributed by atoms with Crippen LogP contribution >= 0.6 is 0 Å². The van der Waals surface area contributed by atoms with Crippen LogP contribution in [0.4, 0.5) is 0 Å². The standard InChI is InChI=1S/C25H24N.Ir/c1-16-9-6-10-17(2)23(16)21-15-20-18(24-19(21)12-8-14-26-24)11-7-13-22(20)25(3,4)5;/h6-10,12-15H,1-5H3;/q-1;. The molecule has 0 amide bonds. The first-order valence-electron chi connectivity index (χ1n) is 9.17. The summed E-state index contributed by atoms with van der Waals surface area (Å²) in [5, 5.41) is 3.56. The summed E-state index contributed by atoms with van der Waals surface area (Å²) in [5.41, 5.74) is 7.62. The Hall–Kier alpha value is -2.02. The molecule has 0 saturated heterocycles. The Balaban J connectivity index is 0.00000210. The maximum atomic E-state index is 4.75. The molecule has 0 atom stereocenters. The molecule has 0 N–H and O–H groups in total. The molecule has 0 aliphatic heterocycles. The molecule has 0 saturated carbocycles. The molecular weight excluding hydrogens is 506 g/mol. The summed E-state index contributed by atoms with van der Waals surface area (Å²) in [6, 6.07) is 20.8. The molecule has 1 aromatic heterocycles. The van der Waals surface area contributed by atoms with Gasteiger partial charge in [-0.15, -0.1) is 34.5 Å². The molecule has 1 radical (unpaired) electrons. The van der Waals surface area contributed by atoms with Gasteiger partial charge in [0.1, 0.15) is 0 Å². The summed E-state index contributed by atoms with van der Waals surface area (Å²) in [6.45, 7) is 11.2. The normalized spacial score (nSPS) is 11.6. The van der Waals surface area contributed by atoms with Gasteiger partial charge in [0, 0.05) is 26.3 Å². The second kappa shape index (κ2) is 7.19. The molecule has 0 spiro atoms. The van der Waals surface area contributed by atoms with Crippen molar-refractivity contribution in [3.8, 4) is 11.1 Å². The van der Waals surface area contributed by atoms with Crippen molar-refractivity contribution in [2.75, 3.05) is 0 Å². The number of fused-ring (bicyclic) bond motifs is 3. The largest absolute Gasteiger partial charge is 0.304 e. The Morgan fingerprint density at radius 2 is 1.59 bits per heavy atom. The number of pyridine rings is 1. The van der Waals surface area contributed by atoms with Crippen LogP contribution in [0.3, 0.4) is 0 Å². The molecule has 1 nitrogen and oxygen atoms in total. The fraction of sp³-hybridized carbons (Fsp3) is 0.240. The first-order chi connectivity index (χ1) is 12.4. The predicted molar refractivity (Wildman–Crippen MR) is 112 cm³/mol. The van der Waals surface area contributed by atoms with Gasteiger partial charge in [0.15, 0.2) is 0 Å². The average molecular weight is 531 g/mol. The third-order valence-corrected chi connectivity index (χ3v) is 5.22. The van der Waals surface area contributed by atoms with E-state index in [1.807, 2.05) is 18.3 Å². The van der Waals surface area contributed by atoms with Crippen molar-refractivity contribution in [3.05, 3.63) is 77.5 Å². The third kappa shape index (κ3) is 3.33. The fourth-order valence-electron chi connectivity index (χ4n) is 4.00. The number of hydrogen-bond acceptors (Lipinski definition) is 1. The van der Waals surface area contributed by atoms with Crippen molar-refractivity contribution < 1.29 is 20.1 Å². The van der Waals surface area contributed by atoms with Gasteiger partial charge in [-0.1, -0.05) is 51.1 Å². The summed E-state index contributed by atoms with van der Waals surface area (Å²) < 4.78 is 0. The topological polar surface area (TPSA) is 12.9 Å². The molecule has 4 aromatic rings. The smallest absolute Gasteiger partial charge is 0.0161 e. The van der Waals surface area contributed by atoms with Crippen LogP contribution in [0.5, 0.6) is 0 Å². The molecule has 27 heavy (non-hydrogen) atoms. The van der Waals surface area contributed by atoms with Crippen LogP contribution in [-0.2, 0) is 25.5 Å². The molecule has 2 heteroatoms. The maximum Gasteiger partial charge on any atom is 0.0161 e. The van der Waals surface area contributed by atoms with E-state index < -0.39 is 0 Å². The van der Waals surface area contributed by atoms with E-state index in [0.29, 0.717) is 0 Å². The van der Waals surface area contributed by atoms with Crippen LogP contribution in [0.15, 0.2) is 54.7 Å². The minimum absolute atomic E-state index is 0. The van der Waals surface area contributed by atoms with Crippen molar-refractivity contribution in [3.63, 3.8) is 0 Å². The maximum absolute atomic E-state index is 4.75. The van der Waals surface area contributed by atoms with Crippen LogP contribution in [-0.4, -0.2) is 4.98 Å². The summed E-state index contributed by atoms with van der Waals surface area (Å²) >= 11 is 0. The van der Waals surface area contributed by atoms with E-state index >= 15 is 0 Å². The Kier molecular flexibility index (Phi) is 5.25. The van der Waals surface area contributed by atoms with Gasteiger partial charge in [0.25, 0.3) is 0 Å². The van der Waals surface area contributed by atoms with Crippen molar-refractivity contribution in [2.24, 2.45) is 0 Å². The summed E-state index contributed by atoms with van der Waals surface area (Å²) in [7, 11) is 0. The molecule has 4 rings (SSSR count). The molecule has 139 valence electrons. The molecule has 1 heterocycles. The quantitative estimate of drug-likeness (QED) is 0.196. The number of rotatable bonds is 1. The van der Waals surface area contributed by atoms with Crippen LogP contribution in [0, 0.1) is 19.9 Å². The van der Waals surface area contributed by atoms with Crippen LogP contribution in [0.1, 0.15) is 37.5 Å². The zero-order valence-electron chi connectivity index (χ0n) is 16.5. The monoisotopic (exact) mass is 531 g/mol. The SMILES string of the molecule is Cc1cccc(C)c1-c1cc2c(C(C)(C)C)cc[c-]c2c2ncccc12.[Ir]. The van der Waals surface area contributed by atoms with E-state index in [2.05, 4.69) is 77.1 Å². The second-order valence-electron chi connectivity index (χ2n) is 8.15. The Bertz CT molecular complexity index is 1120. The van der Waals surface area contributed by atoms with E-state index in [0.717, 1.165) is 10.9 Å². The van der Waals surface area contributed by atoms with Crippen molar-refractivity contribution >= 4 is 21.7 Å². The molecule has 0 aliphatic carbocycles. The predicted octanol–water partition coefficient (Wildman–Crippen LogP) is 6.77. The molecule has 3 aromatic carbocycles. The van der Waals surface area contributed by atoms with Gasteiger partial charge >= 0.3 is 0 Å². The second-order valence-corrected chi connectivity index (χ2v) is 8.15. The van der Waals surface area contributed by atoms with Crippen molar-refractivity contribution in [1.29, 1.82) is 0 Å². The van der Waals surface area contributed by atoms with Crippen LogP contribution in [0.2, 0.25) is 0 Å². The minimum Gasteiger partial charge on any atom is -0.304 e. The molecule has 0 aliphatic rings. The summed E-state index contributed by atoms with van der Waals surface area (Å²) in [4.78, 5) is 4.75. The Labute approximate surface area is 175 Å². The number of hydrogen-bond donors (Lipinski definition) is 0. The van der Waals surface area contributed by atoms with Gasteiger partial charge in [0.2, 0.25) is 0 Å². The van der Waals surface area contributed by atoms with Gasteiger partial charge < -0.3 is 4.98 Å². The molecule has 0 unspecified atom stereocenters. The molecule has 0 bridgehead atoms. The van der Waals surface area contributed by atoms with E-state index in [9.17, 15) is 0 Å². The first kappa shape index (κ1) is 19.7. The summed E-state index contributed by atoms with van der Waals surface area (Å²) in [6.07, 6.45) is 1.88. The number of aryl methyl sites for hydroxylation is 2. The first-order valence-corrected chi connectivity index (χ1v) is 9.17. The average Bonchev–Trinajstić information content (AvgIpc) is 2.60. The van der Waals surface area contributed by atoms with E-state index in [4.69, 9.17) is 4.98 Å². The molecular formula is C25H24IrN-. The molecule has 0 fully saturated rings. The Morgan fingerprint density at radius 1 is 0.889 bits per heavy atom. The number of benzene rings is 3. The van der Waals surface area contributed by atoms with Gasteiger partial charge in [-0.05, 0) is 58.5 Å². The van der Waals surface area contributed by atoms with Crippen molar-refractivity contribution in [1.82, 2.24) is 4.98 Å². The van der Waals surface area contributed by atoms with E-state index in [1.54, 1.807) is 0 Å². The summed E-state index contributed by atoms with van der Waals surface area (Å²) in [5.74, 6) is 0. The van der Waals surface area contributed by atoms with Gasteiger partial charge in [-0.2, -0.15) is 0 Å². The minimum atomic E-state index is 0. The van der Waals surface area contributed by atoms with Gasteiger partial charge in [-0.3, -0.25) is 0 Å².